The minimum atomic E-state index is -1.92. The van der Waals surface area contributed by atoms with E-state index in [0.717, 1.165) is 18.4 Å². The van der Waals surface area contributed by atoms with E-state index in [2.05, 4.69) is 40.7 Å². The number of ether oxygens (including phenoxy) is 7. The van der Waals surface area contributed by atoms with Gasteiger partial charge in [-0.3, -0.25) is 4.79 Å². The fourth-order valence-corrected chi connectivity index (χ4v) is 14.8. The maximum absolute atomic E-state index is 13.9. The molecule has 0 aromatic heterocycles. The Hall–Kier alpha value is -3.30. The molecule has 5 aliphatic carbocycles. The van der Waals surface area contributed by atoms with Crippen LogP contribution in [0.25, 0.3) is 0 Å². The van der Waals surface area contributed by atoms with E-state index in [9.17, 15) is 54.9 Å². The van der Waals surface area contributed by atoms with Crippen molar-refractivity contribution in [3.63, 3.8) is 0 Å². The summed E-state index contributed by atoms with van der Waals surface area (Å²) in [6, 6.07) is 0. The lowest BCUT2D eigenvalue weighted by Gasteiger charge is -2.72. The number of aliphatic carboxylic acids is 1. The van der Waals surface area contributed by atoms with Crippen molar-refractivity contribution in [1.29, 1.82) is 0 Å². The normalized spacial score (nSPS) is 46.2. The van der Waals surface area contributed by atoms with Gasteiger partial charge in [0.2, 0.25) is 0 Å². The van der Waals surface area contributed by atoms with Crippen LogP contribution < -0.4 is 0 Å². The number of rotatable bonds is 11. The first-order valence-electron chi connectivity index (χ1n) is 25.4. The predicted octanol–water partition coefficient (Wildman–Crippen LogP) is 4.04. The van der Waals surface area contributed by atoms with Gasteiger partial charge in [-0.05, 0) is 112 Å². The van der Waals surface area contributed by atoms with Gasteiger partial charge in [-0.25, -0.2) is 14.4 Å². The Balaban J connectivity index is 1.21. The van der Waals surface area contributed by atoms with Gasteiger partial charge in [0.25, 0.3) is 0 Å². The van der Waals surface area contributed by atoms with Gasteiger partial charge in [-0.1, -0.05) is 72.3 Å². The van der Waals surface area contributed by atoms with Crippen molar-refractivity contribution in [3.8, 4) is 0 Å². The molecule has 71 heavy (non-hydrogen) atoms. The molecule has 0 spiro atoms. The fraction of sp³-hybridized carbons (Fsp3) is 0.811. The number of aliphatic hydroxyl groups excluding tert-OH is 6. The van der Waals surface area contributed by atoms with Crippen molar-refractivity contribution < 1.29 is 88.1 Å². The molecule has 0 aromatic rings. The standard InChI is InChI=1S/C53H80O18/c1-13-25(3)44(63)70-41-42(71-45(64)26(4)14-2)53(24-66-27(5)54)29(21-48(41,6)7)28-15-16-32-50(10)19-18-34(49(8,9)31(50)17-20-51(32,11)52(28,12)22-33(53)56)67-47-38(60)39(37(59)40(69-47)43(61)62)68-46-36(58)35(57)30(55)23-65-46/h13-15,29-42,46-47,55-60H,16-24H2,1-12H3,(H,61,62)/b25-13-,26-14-/t29-,30-,31-,32+,33+,34-,35-,36+,37-,38+,39-,40-,41-,42-,46-,47+,50-,51+,52+,53-/m0/s1. The van der Waals surface area contributed by atoms with Gasteiger partial charge in [0.1, 0.15) is 49.3 Å². The number of fused-ring (bicyclic) bond motifs is 7. The molecule has 18 nitrogen and oxygen atoms in total. The molecule has 6 fully saturated rings. The zero-order valence-corrected chi connectivity index (χ0v) is 43.5. The van der Waals surface area contributed by atoms with E-state index >= 15 is 0 Å². The molecule has 2 aliphatic heterocycles. The Morgan fingerprint density at radius 1 is 0.746 bits per heavy atom. The van der Waals surface area contributed by atoms with Crippen LogP contribution in [0.15, 0.2) is 34.9 Å². The van der Waals surface area contributed by atoms with E-state index in [0.29, 0.717) is 36.8 Å². The van der Waals surface area contributed by atoms with Crippen LogP contribution in [0, 0.1) is 50.2 Å². The van der Waals surface area contributed by atoms with E-state index in [1.165, 1.54) is 6.92 Å². The SMILES string of the molecule is C/C=C(/C)C(=O)O[C@H]1[C@H](OC(=O)/C(C)=C\C)[C@]2(COC(C)=O)[C@H](O)C[C@]3(C)C(=CC[C@@H]4[C@@]5(C)CC[C@H](O[C@@H]6O[C@H](C(=O)O)[C@@H](O)[C@H](O[C@@H]7OC[C@H](O)[C@H](O)[C@H]7O)[C@H]6O)C(C)(C)[C@@H]5CC[C@]43C)[C@@H]2CC1(C)C. The minimum Gasteiger partial charge on any atom is -0.479 e. The van der Waals surface area contributed by atoms with Crippen molar-refractivity contribution in [2.24, 2.45) is 50.2 Å². The Bertz CT molecular complexity index is 2150. The molecule has 0 unspecified atom stereocenters. The van der Waals surface area contributed by atoms with Crippen LogP contribution in [0.2, 0.25) is 0 Å². The lowest BCUT2D eigenvalue weighted by molar-refractivity contribution is -0.357. The van der Waals surface area contributed by atoms with Gasteiger partial charge in [0.05, 0.1) is 24.2 Å². The molecule has 0 aromatic carbocycles. The second kappa shape index (κ2) is 19.8. The summed E-state index contributed by atoms with van der Waals surface area (Å²) >= 11 is 0. The van der Waals surface area contributed by atoms with Crippen LogP contribution in [0.1, 0.15) is 128 Å². The van der Waals surface area contributed by atoms with Crippen LogP contribution >= 0.6 is 0 Å². The molecular formula is C53H80O18. The van der Waals surface area contributed by atoms with E-state index in [4.69, 9.17) is 33.2 Å². The zero-order chi connectivity index (χ0) is 52.7. The molecule has 7 rings (SSSR count). The third-order valence-electron chi connectivity index (χ3n) is 19.3. The van der Waals surface area contributed by atoms with Crippen LogP contribution in [-0.2, 0) is 52.3 Å². The largest absolute Gasteiger partial charge is 0.479 e. The van der Waals surface area contributed by atoms with Gasteiger partial charge >= 0.3 is 23.9 Å². The molecule has 0 amide bonds. The summed E-state index contributed by atoms with van der Waals surface area (Å²) in [5.74, 6) is -3.66. The Labute approximate surface area is 417 Å². The topological polar surface area (TPSA) is 274 Å². The molecule has 20 atom stereocenters. The first-order chi connectivity index (χ1) is 33.0. The molecule has 400 valence electrons. The summed E-state index contributed by atoms with van der Waals surface area (Å²) < 4.78 is 42.2. The number of hydrogen-bond acceptors (Lipinski definition) is 17. The number of carboxylic acid groups (broad SMARTS) is 1. The average Bonchev–Trinajstić information content (AvgIpc) is 3.29. The molecule has 18 heteroatoms. The molecule has 0 radical (unpaired) electrons. The first kappa shape index (κ1) is 55.5. The summed E-state index contributed by atoms with van der Waals surface area (Å²) in [5, 5.41) is 76.8. The third-order valence-corrected chi connectivity index (χ3v) is 19.3. The highest BCUT2D eigenvalue weighted by Crippen LogP contribution is 2.76. The second-order valence-corrected chi connectivity index (χ2v) is 23.8. The quantitative estimate of drug-likeness (QED) is 0.0506. The summed E-state index contributed by atoms with van der Waals surface area (Å²) in [6.07, 6.45) is -9.71. The van der Waals surface area contributed by atoms with E-state index in [1.807, 2.05) is 13.8 Å². The summed E-state index contributed by atoms with van der Waals surface area (Å²) in [7, 11) is 0. The summed E-state index contributed by atoms with van der Waals surface area (Å²) in [5.41, 5.74) is -2.28. The molecule has 4 saturated carbocycles. The molecule has 2 saturated heterocycles. The Morgan fingerprint density at radius 3 is 1.96 bits per heavy atom. The summed E-state index contributed by atoms with van der Waals surface area (Å²) in [4.78, 5) is 52.8. The van der Waals surface area contributed by atoms with E-state index < -0.39 is 143 Å². The minimum absolute atomic E-state index is 0.0395. The summed E-state index contributed by atoms with van der Waals surface area (Å²) in [6.45, 7) is 22.4. The van der Waals surface area contributed by atoms with Crippen molar-refractivity contribution in [2.45, 2.75) is 208 Å². The lowest BCUT2D eigenvalue weighted by Crippen LogP contribution is -2.72. The fourth-order valence-electron chi connectivity index (χ4n) is 14.8. The molecule has 7 N–H and O–H groups in total. The Morgan fingerprint density at radius 2 is 1.37 bits per heavy atom. The number of carbonyl (C=O) groups excluding carboxylic acids is 3. The smallest absolute Gasteiger partial charge is 0.335 e. The van der Waals surface area contributed by atoms with Gasteiger partial charge in [-0.2, -0.15) is 0 Å². The van der Waals surface area contributed by atoms with Crippen LogP contribution in [-0.4, -0.2) is 153 Å². The van der Waals surface area contributed by atoms with Crippen LogP contribution in [0.5, 0.6) is 0 Å². The second-order valence-electron chi connectivity index (χ2n) is 23.8. The first-order valence-corrected chi connectivity index (χ1v) is 25.4. The predicted molar refractivity (Wildman–Crippen MR) is 252 cm³/mol. The maximum Gasteiger partial charge on any atom is 0.335 e. The van der Waals surface area contributed by atoms with E-state index in [1.54, 1.807) is 39.8 Å². The number of carboxylic acids is 1. The van der Waals surface area contributed by atoms with Crippen molar-refractivity contribution in [3.05, 3.63) is 34.9 Å². The third kappa shape index (κ3) is 9.04. The zero-order valence-electron chi connectivity index (χ0n) is 43.5. The van der Waals surface area contributed by atoms with Gasteiger partial charge in [0.15, 0.2) is 24.8 Å². The Kier molecular flexibility index (Phi) is 15.4. The molecular weight excluding hydrogens is 925 g/mol. The number of hydrogen-bond donors (Lipinski definition) is 7. The number of allylic oxidation sites excluding steroid dienone is 4. The number of carbonyl (C=O) groups is 4. The monoisotopic (exact) mass is 1000 g/mol. The maximum atomic E-state index is 13.9. The van der Waals surface area contributed by atoms with Gasteiger partial charge < -0.3 is 68.9 Å². The van der Waals surface area contributed by atoms with Gasteiger partial charge in [-0.15, -0.1) is 0 Å². The van der Waals surface area contributed by atoms with Crippen LogP contribution in [0.4, 0.5) is 0 Å². The van der Waals surface area contributed by atoms with Crippen LogP contribution in [0.3, 0.4) is 0 Å². The highest BCUT2D eigenvalue weighted by Gasteiger charge is 2.74. The number of esters is 3. The lowest BCUT2D eigenvalue weighted by atomic mass is 9.33. The van der Waals surface area contributed by atoms with Crippen molar-refractivity contribution >= 4 is 23.9 Å². The van der Waals surface area contributed by atoms with Crippen molar-refractivity contribution in [1.82, 2.24) is 0 Å². The highest BCUT2D eigenvalue weighted by atomic mass is 16.7. The van der Waals surface area contributed by atoms with Gasteiger partial charge in [0, 0.05) is 23.5 Å². The number of aliphatic hydroxyl groups is 6. The molecule has 7 aliphatic rings. The average molecular weight is 1010 g/mol. The van der Waals surface area contributed by atoms with E-state index in [-0.39, 0.29) is 30.3 Å². The molecule has 2 heterocycles. The van der Waals surface area contributed by atoms with Crippen molar-refractivity contribution in [2.75, 3.05) is 13.2 Å². The molecule has 0 bridgehead atoms. The highest BCUT2D eigenvalue weighted by molar-refractivity contribution is 5.89.